The van der Waals surface area contributed by atoms with Gasteiger partial charge in [-0.25, -0.2) is 0 Å². The van der Waals surface area contributed by atoms with Crippen LogP contribution in [0.4, 0.5) is 0 Å². The second-order valence-electron chi connectivity index (χ2n) is 3.15. The van der Waals surface area contributed by atoms with Gasteiger partial charge in [-0.3, -0.25) is 0 Å². The molecule has 3 atom stereocenters. The lowest BCUT2D eigenvalue weighted by Crippen LogP contribution is -2.21. The normalized spacial score (nSPS) is 43.1. The number of fused-ring (bicyclic) bond motifs is 2. The summed E-state index contributed by atoms with van der Waals surface area (Å²) < 4.78 is 5.36. The van der Waals surface area contributed by atoms with Gasteiger partial charge in [0.25, 0.3) is 0 Å². The van der Waals surface area contributed by atoms with Gasteiger partial charge in [-0.15, -0.1) is 0 Å². The van der Waals surface area contributed by atoms with Crippen LogP contribution in [-0.4, -0.2) is 12.8 Å². The van der Waals surface area contributed by atoms with Gasteiger partial charge in [-0.2, -0.15) is 0 Å². The molecule has 3 unspecified atom stereocenters. The summed E-state index contributed by atoms with van der Waals surface area (Å²) >= 11 is 0. The van der Waals surface area contributed by atoms with Crippen molar-refractivity contribution in [1.29, 1.82) is 0 Å². The smallest absolute Gasteiger partial charge is 0.0944 e. The van der Waals surface area contributed by atoms with Gasteiger partial charge in [0.2, 0.25) is 0 Å². The van der Waals surface area contributed by atoms with Crippen molar-refractivity contribution in [2.45, 2.75) is 18.9 Å². The van der Waals surface area contributed by atoms with E-state index in [1.54, 1.807) is 0 Å². The standard InChI is InChI=1S/C8H13NO/c9-5-10-8-4-6-1-2-7(8)3-6/h1-2,6-8H,3-5,9H2. The van der Waals surface area contributed by atoms with E-state index in [9.17, 15) is 0 Å². The van der Waals surface area contributed by atoms with Crippen molar-refractivity contribution in [3.63, 3.8) is 0 Å². The van der Waals surface area contributed by atoms with Gasteiger partial charge >= 0.3 is 0 Å². The third kappa shape index (κ3) is 0.879. The zero-order chi connectivity index (χ0) is 6.97. The van der Waals surface area contributed by atoms with Crippen LogP contribution in [-0.2, 0) is 4.74 Å². The molecule has 0 aromatic heterocycles. The maximum absolute atomic E-state index is 5.36. The molecular formula is C8H13NO. The molecule has 0 aromatic carbocycles. The second kappa shape index (κ2) is 2.36. The first-order chi connectivity index (χ1) is 4.90. The van der Waals surface area contributed by atoms with E-state index in [0.29, 0.717) is 18.8 Å². The summed E-state index contributed by atoms with van der Waals surface area (Å²) in [6, 6.07) is 0. The Morgan fingerprint density at radius 2 is 2.30 bits per heavy atom. The van der Waals surface area contributed by atoms with Crippen LogP contribution in [0, 0.1) is 11.8 Å². The SMILES string of the molecule is NCOC1CC2C=CC1C2. The Kier molecular flexibility index (Phi) is 1.51. The molecule has 0 heterocycles. The number of nitrogens with two attached hydrogens (primary N) is 1. The Morgan fingerprint density at radius 3 is 2.80 bits per heavy atom. The molecule has 1 saturated carbocycles. The van der Waals surface area contributed by atoms with Gasteiger partial charge in [0.15, 0.2) is 0 Å². The highest BCUT2D eigenvalue weighted by atomic mass is 16.5. The minimum Gasteiger partial charge on any atom is -0.363 e. The summed E-state index contributed by atoms with van der Waals surface area (Å²) in [5.41, 5.74) is 5.29. The lowest BCUT2D eigenvalue weighted by molar-refractivity contribution is 0.0410. The molecule has 2 aliphatic carbocycles. The van der Waals surface area contributed by atoms with Gasteiger partial charge in [0, 0.05) is 5.92 Å². The van der Waals surface area contributed by atoms with E-state index < -0.39 is 0 Å². The molecule has 2 aliphatic rings. The minimum absolute atomic E-state index is 0.377. The van der Waals surface area contributed by atoms with Crippen LogP contribution in [0.3, 0.4) is 0 Å². The van der Waals surface area contributed by atoms with Gasteiger partial charge in [0.1, 0.15) is 0 Å². The third-order valence-corrected chi connectivity index (χ3v) is 2.53. The van der Waals surface area contributed by atoms with Crippen molar-refractivity contribution < 1.29 is 4.74 Å². The largest absolute Gasteiger partial charge is 0.363 e. The molecule has 0 aromatic rings. The number of rotatable bonds is 2. The van der Waals surface area contributed by atoms with Crippen LogP contribution in [0.15, 0.2) is 12.2 Å². The van der Waals surface area contributed by atoms with Gasteiger partial charge in [-0.1, -0.05) is 12.2 Å². The number of allylic oxidation sites excluding steroid dienone is 1. The summed E-state index contributed by atoms with van der Waals surface area (Å²) in [7, 11) is 0. The minimum atomic E-state index is 0.377. The Morgan fingerprint density at radius 1 is 1.40 bits per heavy atom. The Labute approximate surface area is 61.0 Å². The maximum Gasteiger partial charge on any atom is 0.0944 e. The summed E-state index contributed by atoms with van der Waals surface area (Å²) in [4.78, 5) is 0. The Hall–Kier alpha value is -0.340. The molecule has 2 bridgehead atoms. The highest BCUT2D eigenvalue weighted by Gasteiger charge is 2.35. The van der Waals surface area contributed by atoms with E-state index in [4.69, 9.17) is 10.5 Å². The summed E-state index contributed by atoms with van der Waals surface area (Å²) in [6.07, 6.45) is 7.50. The zero-order valence-electron chi connectivity index (χ0n) is 5.99. The number of hydrogen-bond acceptors (Lipinski definition) is 2. The fourth-order valence-corrected chi connectivity index (χ4v) is 2.05. The predicted octanol–water partition coefficient (Wildman–Crippen LogP) is 0.884. The monoisotopic (exact) mass is 139 g/mol. The molecule has 0 spiro atoms. The van der Waals surface area contributed by atoms with Crippen LogP contribution in [0.1, 0.15) is 12.8 Å². The Balaban J connectivity index is 1.96. The first kappa shape index (κ1) is 6.38. The van der Waals surface area contributed by atoms with Gasteiger partial charge in [0.05, 0.1) is 12.8 Å². The quantitative estimate of drug-likeness (QED) is 0.455. The van der Waals surface area contributed by atoms with Crippen molar-refractivity contribution in [2.75, 3.05) is 6.73 Å². The molecule has 1 fully saturated rings. The lowest BCUT2D eigenvalue weighted by Gasteiger charge is -2.16. The average molecular weight is 139 g/mol. The predicted molar refractivity (Wildman–Crippen MR) is 39.3 cm³/mol. The van der Waals surface area contributed by atoms with Crippen LogP contribution < -0.4 is 5.73 Å². The van der Waals surface area contributed by atoms with Crippen LogP contribution >= 0.6 is 0 Å². The van der Waals surface area contributed by atoms with Crippen molar-refractivity contribution in [2.24, 2.45) is 17.6 Å². The third-order valence-electron chi connectivity index (χ3n) is 2.53. The van der Waals surface area contributed by atoms with Crippen LogP contribution in [0.5, 0.6) is 0 Å². The molecule has 2 N–H and O–H groups in total. The molecule has 0 radical (unpaired) electrons. The number of ether oxygens (including phenoxy) is 1. The zero-order valence-corrected chi connectivity index (χ0v) is 5.99. The molecule has 0 saturated heterocycles. The first-order valence-corrected chi connectivity index (χ1v) is 3.90. The highest BCUT2D eigenvalue weighted by Crippen LogP contribution is 2.40. The molecule has 0 aliphatic heterocycles. The van der Waals surface area contributed by atoms with Gasteiger partial charge < -0.3 is 10.5 Å². The van der Waals surface area contributed by atoms with E-state index in [0.717, 1.165) is 5.92 Å². The van der Waals surface area contributed by atoms with Gasteiger partial charge in [-0.05, 0) is 18.8 Å². The molecule has 2 nitrogen and oxygen atoms in total. The Bertz CT molecular complexity index is 155. The van der Waals surface area contributed by atoms with E-state index in [-0.39, 0.29) is 0 Å². The fourth-order valence-electron chi connectivity index (χ4n) is 2.05. The molecule has 0 amide bonds. The van der Waals surface area contributed by atoms with Crippen LogP contribution in [0.25, 0.3) is 0 Å². The van der Waals surface area contributed by atoms with E-state index in [1.165, 1.54) is 12.8 Å². The number of hydrogen-bond donors (Lipinski definition) is 1. The lowest BCUT2D eigenvalue weighted by atomic mass is 10.1. The van der Waals surface area contributed by atoms with Crippen molar-refractivity contribution in [3.8, 4) is 0 Å². The van der Waals surface area contributed by atoms with E-state index in [1.807, 2.05) is 0 Å². The first-order valence-electron chi connectivity index (χ1n) is 3.90. The topological polar surface area (TPSA) is 35.2 Å². The maximum atomic E-state index is 5.36. The molecule has 2 rings (SSSR count). The average Bonchev–Trinajstić information content (AvgIpc) is 2.48. The van der Waals surface area contributed by atoms with E-state index in [2.05, 4.69) is 12.2 Å². The van der Waals surface area contributed by atoms with E-state index >= 15 is 0 Å². The molecule has 2 heteroatoms. The van der Waals surface area contributed by atoms with Crippen molar-refractivity contribution in [3.05, 3.63) is 12.2 Å². The summed E-state index contributed by atoms with van der Waals surface area (Å²) in [5.74, 6) is 1.47. The molecule has 56 valence electrons. The molecule has 10 heavy (non-hydrogen) atoms. The summed E-state index contributed by atoms with van der Waals surface area (Å²) in [6.45, 7) is 0.377. The fraction of sp³-hybridized carbons (Fsp3) is 0.750. The van der Waals surface area contributed by atoms with Crippen molar-refractivity contribution >= 4 is 0 Å². The molecular weight excluding hydrogens is 126 g/mol. The van der Waals surface area contributed by atoms with Crippen molar-refractivity contribution in [1.82, 2.24) is 0 Å². The second-order valence-corrected chi connectivity index (χ2v) is 3.15. The highest BCUT2D eigenvalue weighted by molar-refractivity contribution is 5.10. The summed E-state index contributed by atoms with van der Waals surface area (Å²) in [5, 5.41) is 0. The van der Waals surface area contributed by atoms with Crippen LogP contribution in [0.2, 0.25) is 0 Å².